The van der Waals surface area contributed by atoms with Crippen LogP contribution in [0.5, 0.6) is 17.2 Å². The molecular formula is C22H25NO8. The summed E-state index contributed by atoms with van der Waals surface area (Å²) in [6.45, 7) is 2.35. The molecule has 0 saturated carbocycles. The Morgan fingerprint density at radius 1 is 1.06 bits per heavy atom. The normalized spacial score (nSPS) is 15.8. The third kappa shape index (κ3) is 4.73. The van der Waals surface area contributed by atoms with E-state index in [0.29, 0.717) is 18.7 Å². The van der Waals surface area contributed by atoms with E-state index in [2.05, 4.69) is 5.32 Å². The molecule has 1 aliphatic rings. The highest BCUT2D eigenvalue weighted by Crippen LogP contribution is 2.40. The van der Waals surface area contributed by atoms with Gasteiger partial charge in [0.15, 0.2) is 11.5 Å². The van der Waals surface area contributed by atoms with Crippen molar-refractivity contribution in [3.05, 3.63) is 53.6 Å². The van der Waals surface area contributed by atoms with Gasteiger partial charge in [0.1, 0.15) is 5.75 Å². The highest BCUT2D eigenvalue weighted by atomic mass is 16.8. The van der Waals surface area contributed by atoms with Gasteiger partial charge in [-0.3, -0.25) is 0 Å². The van der Waals surface area contributed by atoms with Crippen molar-refractivity contribution in [1.82, 2.24) is 5.32 Å². The van der Waals surface area contributed by atoms with E-state index < -0.39 is 23.8 Å². The minimum atomic E-state index is -2.77. The van der Waals surface area contributed by atoms with Crippen LogP contribution in [0.25, 0.3) is 0 Å². The zero-order chi connectivity index (χ0) is 22.6. The lowest BCUT2D eigenvalue weighted by Gasteiger charge is -2.20. The van der Waals surface area contributed by atoms with Gasteiger partial charge in [-0.2, -0.15) is 0 Å². The van der Waals surface area contributed by atoms with Crippen molar-refractivity contribution >= 4 is 11.9 Å². The molecule has 2 atom stereocenters. The van der Waals surface area contributed by atoms with Gasteiger partial charge in [-0.1, -0.05) is 25.1 Å². The van der Waals surface area contributed by atoms with Crippen LogP contribution in [0.1, 0.15) is 30.6 Å². The van der Waals surface area contributed by atoms with Crippen LogP contribution < -0.4 is 19.5 Å². The number of aliphatic carboxylic acids is 2. The molecule has 1 heterocycles. The lowest BCUT2D eigenvalue weighted by atomic mass is 10.0. The Morgan fingerprint density at radius 3 is 2.29 bits per heavy atom. The lowest BCUT2D eigenvalue weighted by Crippen LogP contribution is -2.54. The summed E-state index contributed by atoms with van der Waals surface area (Å²) in [5, 5.41) is 32.2. The maximum atomic E-state index is 11.4. The van der Waals surface area contributed by atoms with Gasteiger partial charge in [0, 0.05) is 12.6 Å². The predicted octanol–water partition coefficient (Wildman–Crippen LogP) is 1.98. The summed E-state index contributed by atoms with van der Waals surface area (Å²) < 4.78 is 15.3. The summed E-state index contributed by atoms with van der Waals surface area (Å²) in [5.74, 6) is -5.41. The van der Waals surface area contributed by atoms with Crippen LogP contribution in [-0.2, 0) is 16.0 Å². The Balaban J connectivity index is 1.63. The Kier molecular flexibility index (Phi) is 6.67. The van der Waals surface area contributed by atoms with Crippen LogP contribution in [0, 0.1) is 0 Å². The summed E-state index contributed by atoms with van der Waals surface area (Å²) in [7, 11) is 1.58. The van der Waals surface area contributed by atoms with Crippen LogP contribution in [0.2, 0.25) is 0 Å². The molecule has 3 rings (SSSR count). The second kappa shape index (κ2) is 9.23. The Bertz CT molecular complexity index is 929. The highest BCUT2D eigenvalue weighted by molar-refractivity contribution is 6.01. The number of carboxylic acids is 2. The maximum Gasteiger partial charge on any atom is 0.453 e. The quantitative estimate of drug-likeness (QED) is 0.417. The molecule has 0 amide bonds. The molecule has 0 fully saturated rings. The number of methoxy groups -OCH3 is 1. The van der Waals surface area contributed by atoms with Crippen LogP contribution in [0.3, 0.4) is 0 Å². The number of benzene rings is 2. The number of ether oxygens (including phenoxy) is 3. The average molecular weight is 431 g/mol. The molecule has 9 nitrogen and oxygen atoms in total. The number of nitrogens with one attached hydrogen (secondary N) is 1. The first-order valence-corrected chi connectivity index (χ1v) is 9.82. The summed E-state index contributed by atoms with van der Waals surface area (Å²) in [5.41, 5.74) is 1.58. The highest BCUT2D eigenvalue weighted by Gasteiger charge is 2.57. The monoisotopic (exact) mass is 431 g/mol. The maximum absolute atomic E-state index is 11.4. The molecule has 1 aliphatic heterocycles. The van der Waals surface area contributed by atoms with E-state index in [4.69, 9.17) is 14.2 Å². The summed E-state index contributed by atoms with van der Waals surface area (Å²) >= 11 is 0. The largest absolute Gasteiger partial charge is 0.497 e. The van der Waals surface area contributed by atoms with E-state index in [1.807, 2.05) is 6.92 Å². The van der Waals surface area contributed by atoms with Crippen LogP contribution in [-0.4, -0.2) is 52.7 Å². The van der Waals surface area contributed by atoms with Crippen molar-refractivity contribution in [3.63, 3.8) is 0 Å². The van der Waals surface area contributed by atoms with E-state index in [1.165, 1.54) is 6.07 Å². The first kappa shape index (κ1) is 22.4. The summed E-state index contributed by atoms with van der Waals surface area (Å²) in [6.07, 6.45) is 0.650. The van der Waals surface area contributed by atoms with Gasteiger partial charge in [0.05, 0.1) is 13.2 Å². The smallest absolute Gasteiger partial charge is 0.453 e. The summed E-state index contributed by atoms with van der Waals surface area (Å²) in [6, 6.07) is 12.0. The van der Waals surface area contributed by atoms with Crippen molar-refractivity contribution in [2.45, 2.75) is 37.7 Å². The zero-order valence-electron chi connectivity index (χ0n) is 17.2. The fourth-order valence-corrected chi connectivity index (χ4v) is 3.31. The van der Waals surface area contributed by atoms with Crippen molar-refractivity contribution < 1.29 is 39.1 Å². The first-order chi connectivity index (χ1) is 14.8. The molecule has 4 N–H and O–H groups in total. The molecule has 166 valence electrons. The molecule has 2 aromatic rings. The van der Waals surface area contributed by atoms with E-state index in [1.54, 1.807) is 43.5 Å². The number of aliphatic hydroxyl groups is 1. The van der Waals surface area contributed by atoms with Gasteiger partial charge in [0.25, 0.3) is 0 Å². The van der Waals surface area contributed by atoms with Crippen LogP contribution in [0.4, 0.5) is 0 Å². The predicted molar refractivity (Wildman–Crippen MR) is 109 cm³/mol. The first-order valence-electron chi connectivity index (χ1n) is 9.82. The van der Waals surface area contributed by atoms with Crippen LogP contribution in [0.15, 0.2) is 42.5 Å². The number of carbonyl (C=O) groups is 2. The molecule has 2 unspecified atom stereocenters. The van der Waals surface area contributed by atoms with Gasteiger partial charge >= 0.3 is 17.7 Å². The van der Waals surface area contributed by atoms with E-state index in [0.717, 1.165) is 17.5 Å². The van der Waals surface area contributed by atoms with Gasteiger partial charge < -0.3 is 34.8 Å². The molecule has 0 aliphatic carbocycles. The minimum absolute atomic E-state index is 0.0250. The second-order valence-corrected chi connectivity index (χ2v) is 7.22. The van der Waals surface area contributed by atoms with Gasteiger partial charge in [-0.05, 0) is 48.2 Å². The number of carboxylic acid groups (broad SMARTS) is 2. The summed E-state index contributed by atoms with van der Waals surface area (Å²) in [4.78, 5) is 22.7. The number of hydrogen-bond donors (Lipinski definition) is 4. The SMILES string of the molecule is CCC(Cc1ccc2c(c1)OC(C(=O)O)(C(=O)O)O2)NCC(O)c1ccc(OC)cc1. The molecule has 31 heavy (non-hydrogen) atoms. The third-order valence-corrected chi connectivity index (χ3v) is 5.15. The molecule has 2 aromatic carbocycles. The molecule has 0 bridgehead atoms. The van der Waals surface area contributed by atoms with Crippen molar-refractivity contribution in [1.29, 1.82) is 0 Å². The molecule has 0 spiro atoms. The molecule has 9 heteroatoms. The Morgan fingerprint density at radius 2 is 1.71 bits per heavy atom. The molecule has 0 saturated heterocycles. The van der Waals surface area contributed by atoms with E-state index >= 15 is 0 Å². The fourth-order valence-electron chi connectivity index (χ4n) is 3.31. The van der Waals surface area contributed by atoms with Gasteiger partial charge in [0.2, 0.25) is 0 Å². The molecule has 0 aromatic heterocycles. The average Bonchev–Trinajstić information content (AvgIpc) is 3.17. The van der Waals surface area contributed by atoms with Gasteiger partial charge in [-0.15, -0.1) is 0 Å². The third-order valence-electron chi connectivity index (χ3n) is 5.15. The van der Waals surface area contributed by atoms with E-state index in [-0.39, 0.29) is 17.5 Å². The number of fused-ring (bicyclic) bond motifs is 1. The van der Waals surface area contributed by atoms with Crippen molar-refractivity contribution in [2.24, 2.45) is 0 Å². The Hall–Kier alpha value is -3.30. The lowest BCUT2D eigenvalue weighted by molar-refractivity contribution is -0.194. The second-order valence-electron chi connectivity index (χ2n) is 7.22. The number of hydrogen-bond acceptors (Lipinski definition) is 7. The Labute approximate surface area is 179 Å². The van der Waals surface area contributed by atoms with Crippen molar-refractivity contribution in [3.8, 4) is 17.2 Å². The minimum Gasteiger partial charge on any atom is -0.497 e. The number of rotatable bonds is 10. The standard InChI is InChI=1S/C22H25NO8/c1-3-15(23-12-17(24)14-5-7-16(29-2)8-6-14)10-13-4-9-18-19(11-13)31-22(30-18,20(25)26)21(27)28/h4-9,11,15,17,23-24H,3,10,12H2,1-2H3,(H,25,26)(H,27,28). The molecule has 0 radical (unpaired) electrons. The fraction of sp³-hybridized carbons (Fsp3) is 0.364. The zero-order valence-corrected chi connectivity index (χ0v) is 17.2. The van der Waals surface area contributed by atoms with Gasteiger partial charge in [-0.25, -0.2) is 9.59 Å². The van der Waals surface area contributed by atoms with E-state index in [9.17, 15) is 24.9 Å². The molecular weight excluding hydrogens is 406 g/mol. The topological polar surface area (TPSA) is 135 Å². The number of aliphatic hydroxyl groups excluding tert-OH is 1. The van der Waals surface area contributed by atoms with Crippen LogP contribution >= 0.6 is 0 Å². The van der Waals surface area contributed by atoms with Crippen molar-refractivity contribution in [2.75, 3.05) is 13.7 Å².